The second kappa shape index (κ2) is 14.3. The number of imidazole rings is 1. The number of amides is 1. The molecular formula is C38H48FN7O2. The van der Waals surface area contributed by atoms with Crippen LogP contribution in [0.15, 0.2) is 61.2 Å². The van der Waals surface area contributed by atoms with Crippen LogP contribution in [0.3, 0.4) is 0 Å². The van der Waals surface area contributed by atoms with Crippen LogP contribution in [-0.2, 0) is 16.7 Å². The van der Waals surface area contributed by atoms with E-state index in [0.717, 1.165) is 95.6 Å². The van der Waals surface area contributed by atoms with Crippen molar-refractivity contribution in [3.8, 4) is 6.07 Å². The number of methoxy groups -OCH3 is 1. The van der Waals surface area contributed by atoms with Gasteiger partial charge >= 0.3 is 6.09 Å². The van der Waals surface area contributed by atoms with E-state index in [1.165, 1.54) is 19.2 Å². The second-order valence-electron chi connectivity index (χ2n) is 14.5. The van der Waals surface area contributed by atoms with Gasteiger partial charge < -0.3 is 29.3 Å². The molecule has 48 heavy (non-hydrogen) atoms. The van der Waals surface area contributed by atoms with Crippen molar-refractivity contribution in [2.24, 2.45) is 17.8 Å². The number of nitriles is 1. The number of nitrogens with zero attached hydrogens (tertiary/aromatic N) is 6. The summed E-state index contributed by atoms with van der Waals surface area (Å²) in [6.07, 6.45) is 11.4. The zero-order valence-corrected chi connectivity index (χ0v) is 28.1. The molecule has 3 atom stereocenters. The molecule has 1 N–H and O–H groups in total. The third-order valence-corrected chi connectivity index (χ3v) is 11.7. The van der Waals surface area contributed by atoms with E-state index in [1.54, 1.807) is 24.7 Å². The minimum absolute atomic E-state index is 0.0173. The Morgan fingerprint density at radius 3 is 2.58 bits per heavy atom. The van der Waals surface area contributed by atoms with Gasteiger partial charge in [-0.3, -0.25) is 0 Å². The number of piperidine rings is 1. The standard InChI is InChI=1S/C38H48FN7O2/c1-48-37(47)42-36-8-3-7-35(36)38(26-44-14-4-15-44,32-5-2-6-33(39)20-32)31-11-16-43(17-12-31)22-28-23-46(24-28)34-10-9-29(21-40)30(19-34)25-45-18-13-41-27-45/h2,5-6,9-10,13,18-20,27-28,31,35-36H,3-4,7-8,11-12,14-17,22-26H2,1H3,(H,42,47)/t35-,36-,38-/m0/s1. The molecule has 254 valence electrons. The van der Waals surface area contributed by atoms with Gasteiger partial charge in [0, 0.05) is 68.2 Å². The van der Waals surface area contributed by atoms with Crippen molar-refractivity contribution < 1.29 is 13.9 Å². The number of aromatic nitrogens is 2. The van der Waals surface area contributed by atoms with Crippen LogP contribution in [0.4, 0.5) is 14.9 Å². The summed E-state index contributed by atoms with van der Waals surface area (Å²) in [7, 11) is 1.43. The van der Waals surface area contributed by atoms with E-state index in [0.29, 0.717) is 23.9 Å². The van der Waals surface area contributed by atoms with E-state index >= 15 is 0 Å². The molecule has 4 heterocycles. The highest BCUT2D eigenvalue weighted by Crippen LogP contribution is 2.51. The molecule has 0 spiro atoms. The summed E-state index contributed by atoms with van der Waals surface area (Å²) in [4.78, 5) is 24.2. The van der Waals surface area contributed by atoms with Crippen molar-refractivity contribution in [2.45, 2.75) is 56.5 Å². The predicted octanol–water partition coefficient (Wildman–Crippen LogP) is 5.26. The normalized spacial score (nSPS) is 23.6. The Hall–Kier alpha value is -3.94. The first-order chi connectivity index (χ1) is 23.4. The van der Waals surface area contributed by atoms with Gasteiger partial charge in [0.05, 0.1) is 25.1 Å². The minimum Gasteiger partial charge on any atom is -0.453 e. The predicted molar refractivity (Wildman–Crippen MR) is 183 cm³/mol. The number of benzene rings is 2. The van der Waals surface area contributed by atoms with Gasteiger partial charge in [0.2, 0.25) is 0 Å². The zero-order chi connectivity index (χ0) is 33.1. The monoisotopic (exact) mass is 653 g/mol. The largest absolute Gasteiger partial charge is 0.453 e. The molecule has 1 aromatic heterocycles. The van der Waals surface area contributed by atoms with Crippen molar-refractivity contribution in [3.05, 3.63) is 83.7 Å². The highest BCUT2D eigenvalue weighted by Gasteiger charge is 2.53. The van der Waals surface area contributed by atoms with Crippen molar-refractivity contribution in [2.75, 3.05) is 64.4 Å². The molecule has 10 heteroatoms. The summed E-state index contributed by atoms with van der Waals surface area (Å²) in [6, 6.07) is 15.9. The lowest BCUT2D eigenvalue weighted by Crippen LogP contribution is -2.60. The molecule has 3 aliphatic heterocycles. The van der Waals surface area contributed by atoms with Crippen LogP contribution >= 0.6 is 0 Å². The molecule has 0 radical (unpaired) electrons. The number of likely N-dealkylation sites (tertiary alicyclic amines) is 2. The Morgan fingerprint density at radius 1 is 1.06 bits per heavy atom. The van der Waals surface area contributed by atoms with Crippen LogP contribution in [0.2, 0.25) is 0 Å². The molecule has 3 saturated heterocycles. The fourth-order valence-electron chi connectivity index (χ4n) is 9.22. The first-order valence-corrected chi connectivity index (χ1v) is 17.7. The number of carbonyl (C=O) groups excluding carboxylic acids is 1. The molecule has 2 aromatic carbocycles. The number of rotatable bonds is 11. The Bertz CT molecular complexity index is 1590. The van der Waals surface area contributed by atoms with Gasteiger partial charge in [-0.05, 0) is 112 Å². The van der Waals surface area contributed by atoms with Crippen LogP contribution in [0.1, 0.15) is 55.2 Å². The molecule has 4 aliphatic rings. The van der Waals surface area contributed by atoms with Crippen molar-refractivity contribution >= 4 is 11.8 Å². The Labute approximate surface area is 283 Å². The van der Waals surface area contributed by atoms with E-state index in [4.69, 9.17) is 4.74 Å². The Morgan fingerprint density at radius 2 is 1.90 bits per heavy atom. The molecule has 7 rings (SSSR count). The van der Waals surface area contributed by atoms with Gasteiger partial charge in [0.15, 0.2) is 0 Å². The molecule has 1 saturated carbocycles. The average molecular weight is 654 g/mol. The number of anilines is 1. The first kappa shape index (κ1) is 32.6. The van der Waals surface area contributed by atoms with Crippen molar-refractivity contribution in [1.29, 1.82) is 5.26 Å². The fraction of sp³-hybridized carbons (Fsp3) is 0.553. The first-order valence-electron chi connectivity index (χ1n) is 17.7. The maximum Gasteiger partial charge on any atom is 0.407 e. The number of alkyl carbamates (subject to hydrolysis) is 1. The van der Waals surface area contributed by atoms with E-state index in [9.17, 15) is 14.4 Å². The van der Waals surface area contributed by atoms with Gasteiger partial charge in [-0.25, -0.2) is 14.2 Å². The number of hydrogen-bond acceptors (Lipinski definition) is 7. The number of hydrogen-bond donors (Lipinski definition) is 1. The summed E-state index contributed by atoms with van der Waals surface area (Å²) in [5, 5.41) is 12.9. The molecule has 1 aliphatic carbocycles. The number of ether oxygens (including phenoxy) is 1. The van der Waals surface area contributed by atoms with E-state index < -0.39 is 0 Å². The molecule has 0 unspecified atom stereocenters. The highest BCUT2D eigenvalue weighted by atomic mass is 19.1. The molecule has 0 bridgehead atoms. The summed E-state index contributed by atoms with van der Waals surface area (Å²) < 4.78 is 22.0. The minimum atomic E-state index is -0.371. The van der Waals surface area contributed by atoms with Gasteiger partial charge in [0.1, 0.15) is 5.82 Å². The second-order valence-corrected chi connectivity index (χ2v) is 14.5. The van der Waals surface area contributed by atoms with Crippen LogP contribution in [0.25, 0.3) is 0 Å². The van der Waals surface area contributed by atoms with E-state index in [2.05, 4.69) is 49.3 Å². The lowest BCUT2D eigenvalue weighted by Gasteiger charge is -2.54. The van der Waals surface area contributed by atoms with Gasteiger partial charge in [-0.1, -0.05) is 18.6 Å². The Balaban J connectivity index is 1.03. The molecule has 9 nitrogen and oxygen atoms in total. The maximum atomic E-state index is 15.0. The zero-order valence-electron chi connectivity index (χ0n) is 28.1. The highest BCUT2D eigenvalue weighted by molar-refractivity contribution is 5.67. The molecular weight excluding hydrogens is 605 g/mol. The lowest BCUT2D eigenvalue weighted by molar-refractivity contribution is 0.0223. The topological polar surface area (TPSA) is 89.7 Å². The van der Waals surface area contributed by atoms with E-state index in [1.807, 2.05) is 22.9 Å². The Kier molecular flexibility index (Phi) is 9.69. The van der Waals surface area contributed by atoms with Crippen molar-refractivity contribution in [3.63, 3.8) is 0 Å². The summed E-state index contributed by atoms with van der Waals surface area (Å²) in [6.45, 7) is 8.89. The van der Waals surface area contributed by atoms with Crippen LogP contribution < -0.4 is 10.2 Å². The number of carbonyl (C=O) groups is 1. The third kappa shape index (κ3) is 6.68. The summed E-state index contributed by atoms with van der Waals surface area (Å²) in [5.74, 6) is 1.04. The SMILES string of the molecule is COC(=O)N[C@H]1CCC[C@@H]1[C@](CN1CCC1)(c1cccc(F)c1)C1CCN(CC2CN(c3ccc(C#N)c(Cn4ccnc4)c3)C2)CC1. The van der Waals surface area contributed by atoms with Gasteiger partial charge in [-0.15, -0.1) is 0 Å². The quantitative estimate of drug-likeness (QED) is 0.302. The van der Waals surface area contributed by atoms with Crippen LogP contribution in [0.5, 0.6) is 0 Å². The van der Waals surface area contributed by atoms with Gasteiger partial charge in [0.25, 0.3) is 0 Å². The average Bonchev–Trinajstić information content (AvgIpc) is 3.75. The van der Waals surface area contributed by atoms with E-state index in [-0.39, 0.29) is 29.3 Å². The molecule has 4 fully saturated rings. The van der Waals surface area contributed by atoms with Crippen molar-refractivity contribution in [1.82, 2.24) is 24.7 Å². The summed E-state index contributed by atoms with van der Waals surface area (Å²) in [5.41, 5.74) is 3.76. The lowest BCUT2D eigenvalue weighted by atomic mass is 9.57. The molecule has 3 aromatic rings. The summed E-state index contributed by atoms with van der Waals surface area (Å²) >= 11 is 0. The van der Waals surface area contributed by atoms with Crippen LogP contribution in [-0.4, -0.2) is 91.0 Å². The maximum absolute atomic E-state index is 15.0. The van der Waals surface area contributed by atoms with Crippen LogP contribution in [0, 0.1) is 34.9 Å². The smallest absolute Gasteiger partial charge is 0.407 e. The van der Waals surface area contributed by atoms with Gasteiger partial charge in [-0.2, -0.15) is 5.26 Å². The molecule has 1 amide bonds. The number of nitrogens with one attached hydrogen (secondary N) is 1. The third-order valence-electron chi connectivity index (χ3n) is 11.7. The number of halogens is 1. The fourth-order valence-corrected chi connectivity index (χ4v) is 9.22.